The summed E-state index contributed by atoms with van der Waals surface area (Å²) in [4.78, 5) is 14.4. The molecule has 2 bridgehead atoms. The Morgan fingerprint density at radius 3 is 2.69 bits per heavy atom. The summed E-state index contributed by atoms with van der Waals surface area (Å²) in [6.45, 7) is 1.02. The number of hydrogen-bond acceptors (Lipinski definition) is 4. The van der Waals surface area contributed by atoms with Gasteiger partial charge in [0.05, 0.1) is 18.1 Å². The number of hydrogen-bond donors (Lipinski definition) is 2. The number of piperidine rings is 1. The Balaban J connectivity index is 1.36. The summed E-state index contributed by atoms with van der Waals surface area (Å²) >= 11 is 6.25. The largest absolute Gasteiger partial charge is 0.508 e. The molecule has 0 amide bonds. The highest BCUT2D eigenvalue weighted by Crippen LogP contribution is 2.50. The molecule has 2 unspecified atom stereocenters. The van der Waals surface area contributed by atoms with Crippen LogP contribution in [-0.4, -0.2) is 46.3 Å². The fourth-order valence-electron chi connectivity index (χ4n) is 6.05. The maximum atomic E-state index is 13.8. The molecule has 32 heavy (non-hydrogen) atoms. The van der Waals surface area contributed by atoms with Crippen LogP contribution in [-0.2, 0) is 28.0 Å². The molecule has 0 aromatic heterocycles. The molecule has 5 nitrogen and oxygen atoms in total. The number of carboxylic acid groups (broad SMARTS) is 1. The van der Waals surface area contributed by atoms with Crippen molar-refractivity contribution in [3.8, 4) is 5.75 Å². The van der Waals surface area contributed by atoms with Crippen molar-refractivity contribution >= 4 is 17.6 Å². The van der Waals surface area contributed by atoms with Crippen molar-refractivity contribution in [1.82, 2.24) is 4.90 Å². The average Bonchev–Trinajstić information content (AvgIpc) is 2.99. The van der Waals surface area contributed by atoms with Crippen molar-refractivity contribution in [3.05, 3.63) is 63.9 Å². The standard InChI is InChI=1S/C25H27ClFNO4/c26-23-6-4-21(29)11-16(23)9-17(24(30)31)14-28-19-2-3-20(28)13-25(12-19)22-5-1-18(27)10-15(22)7-8-32-25/h1,4-6,10-11,17,19-20,29H,2-3,7-9,12-14H2,(H,30,31)/t17?,19-,20+,25?. The molecule has 2 aromatic rings. The van der Waals surface area contributed by atoms with Crippen LogP contribution in [0.3, 0.4) is 0 Å². The molecule has 4 atom stereocenters. The van der Waals surface area contributed by atoms with Crippen molar-refractivity contribution in [2.45, 2.75) is 56.2 Å². The summed E-state index contributed by atoms with van der Waals surface area (Å²) in [5.41, 5.74) is 2.37. The molecule has 1 spiro atoms. The van der Waals surface area contributed by atoms with Gasteiger partial charge in [0.2, 0.25) is 0 Å². The number of fused-ring (bicyclic) bond motifs is 4. The topological polar surface area (TPSA) is 70.0 Å². The zero-order valence-corrected chi connectivity index (χ0v) is 18.5. The fourth-order valence-corrected chi connectivity index (χ4v) is 6.24. The first-order valence-corrected chi connectivity index (χ1v) is 11.6. The van der Waals surface area contributed by atoms with E-state index in [9.17, 15) is 19.4 Å². The molecule has 2 N–H and O–H groups in total. The molecule has 0 saturated carbocycles. The maximum Gasteiger partial charge on any atom is 0.308 e. The van der Waals surface area contributed by atoms with Gasteiger partial charge in [-0.25, -0.2) is 4.39 Å². The van der Waals surface area contributed by atoms with Crippen LogP contribution >= 0.6 is 11.6 Å². The maximum absolute atomic E-state index is 13.8. The lowest BCUT2D eigenvalue weighted by atomic mass is 9.76. The van der Waals surface area contributed by atoms with E-state index in [1.54, 1.807) is 18.2 Å². The molecule has 3 heterocycles. The van der Waals surface area contributed by atoms with Crippen LogP contribution in [0, 0.1) is 11.7 Å². The minimum atomic E-state index is -0.862. The molecule has 7 heteroatoms. The van der Waals surface area contributed by atoms with Gasteiger partial charge in [0.25, 0.3) is 0 Å². The van der Waals surface area contributed by atoms with Gasteiger partial charge < -0.3 is 14.9 Å². The molecule has 2 saturated heterocycles. The van der Waals surface area contributed by atoms with E-state index in [4.69, 9.17) is 16.3 Å². The van der Waals surface area contributed by atoms with Crippen LogP contribution in [0.25, 0.3) is 0 Å². The lowest BCUT2D eigenvalue weighted by Crippen LogP contribution is -2.53. The monoisotopic (exact) mass is 459 g/mol. The summed E-state index contributed by atoms with van der Waals surface area (Å²) in [5.74, 6) is -1.62. The number of rotatable bonds is 5. The van der Waals surface area contributed by atoms with Crippen LogP contribution in [0.2, 0.25) is 5.02 Å². The van der Waals surface area contributed by atoms with E-state index in [0.717, 1.165) is 43.2 Å². The Bertz CT molecular complexity index is 1030. The van der Waals surface area contributed by atoms with Crippen LogP contribution < -0.4 is 0 Å². The van der Waals surface area contributed by atoms with Gasteiger partial charge in [-0.3, -0.25) is 9.69 Å². The second kappa shape index (κ2) is 8.32. The molecule has 2 fully saturated rings. The Morgan fingerprint density at radius 2 is 1.97 bits per heavy atom. The zero-order chi connectivity index (χ0) is 22.5. The van der Waals surface area contributed by atoms with Gasteiger partial charge in [-0.1, -0.05) is 17.7 Å². The van der Waals surface area contributed by atoms with Crippen molar-refractivity contribution in [3.63, 3.8) is 0 Å². The average molecular weight is 460 g/mol. The molecule has 170 valence electrons. The molecule has 3 aliphatic heterocycles. The summed E-state index contributed by atoms with van der Waals surface area (Å²) in [6, 6.07) is 10.1. The second-order valence-corrected chi connectivity index (χ2v) is 9.81. The summed E-state index contributed by atoms with van der Waals surface area (Å²) in [7, 11) is 0. The van der Waals surface area contributed by atoms with Gasteiger partial charge in [0.15, 0.2) is 0 Å². The number of phenolic OH excluding ortho intramolecular Hbond substituents is 1. The third kappa shape index (κ3) is 3.89. The SMILES string of the molecule is O=C(O)C(Cc1cc(O)ccc1Cl)CN1[C@@H]2CC[C@H]1CC1(C2)OCCc2cc(F)ccc21. The first-order valence-electron chi connectivity index (χ1n) is 11.2. The Morgan fingerprint density at radius 1 is 1.22 bits per heavy atom. The van der Waals surface area contributed by atoms with Crippen LogP contribution in [0.15, 0.2) is 36.4 Å². The third-order valence-electron chi connectivity index (χ3n) is 7.49. The predicted molar refractivity (Wildman–Crippen MR) is 118 cm³/mol. The molecule has 5 rings (SSSR count). The highest BCUT2D eigenvalue weighted by atomic mass is 35.5. The quantitative estimate of drug-likeness (QED) is 0.687. The number of halogens is 2. The van der Waals surface area contributed by atoms with Crippen molar-refractivity contribution < 1.29 is 24.1 Å². The van der Waals surface area contributed by atoms with Crippen LogP contribution in [0.1, 0.15) is 42.4 Å². The summed E-state index contributed by atoms with van der Waals surface area (Å²) < 4.78 is 20.2. The molecular weight excluding hydrogens is 433 g/mol. The third-order valence-corrected chi connectivity index (χ3v) is 7.85. The molecule has 0 aliphatic carbocycles. The summed E-state index contributed by atoms with van der Waals surface area (Å²) in [5, 5.41) is 20.2. The van der Waals surface area contributed by atoms with Crippen molar-refractivity contribution in [2.75, 3.05) is 13.2 Å². The minimum Gasteiger partial charge on any atom is -0.508 e. The Labute approximate surface area is 191 Å². The van der Waals surface area contributed by atoms with Gasteiger partial charge >= 0.3 is 5.97 Å². The van der Waals surface area contributed by atoms with E-state index >= 15 is 0 Å². The first kappa shape index (κ1) is 21.7. The van der Waals surface area contributed by atoms with E-state index in [1.807, 2.05) is 6.07 Å². The number of carboxylic acids is 1. The molecule has 3 aliphatic rings. The number of phenols is 1. The zero-order valence-electron chi connectivity index (χ0n) is 17.8. The van der Waals surface area contributed by atoms with Gasteiger partial charge in [0, 0.05) is 23.7 Å². The van der Waals surface area contributed by atoms with E-state index in [-0.39, 0.29) is 30.1 Å². The van der Waals surface area contributed by atoms with E-state index in [2.05, 4.69) is 4.90 Å². The normalized spacial score (nSPS) is 27.9. The number of ether oxygens (including phenoxy) is 1. The summed E-state index contributed by atoms with van der Waals surface area (Å²) in [6.07, 6.45) is 4.58. The minimum absolute atomic E-state index is 0.0815. The first-order chi connectivity index (χ1) is 15.3. The number of benzene rings is 2. The van der Waals surface area contributed by atoms with E-state index < -0.39 is 17.5 Å². The van der Waals surface area contributed by atoms with Gasteiger partial charge in [0.1, 0.15) is 11.6 Å². The predicted octanol–water partition coefficient (Wildman–Crippen LogP) is 4.52. The van der Waals surface area contributed by atoms with Gasteiger partial charge in [-0.15, -0.1) is 0 Å². The van der Waals surface area contributed by atoms with E-state index in [1.165, 1.54) is 12.1 Å². The fraction of sp³-hybridized carbons (Fsp3) is 0.480. The number of aromatic hydroxyl groups is 1. The molecule has 0 radical (unpaired) electrons. The lowest BCUT2D eigenvalue weighted by molar-refractivity contribution is -0.145. The number of nitrogens with zero attached hydrogens (tertiary/aromatic N) is 1. The smallest absolute Gasteiger partial charge is 0.308 e. The van der Waals surface area contributed by atoms with Gasteiger partial charge in [-0.2, -0.15) is 0 Å². The second-order valence-electron chi connectivity index (χ2n) is 9.40. The number of carbonyl (C=O) groups is 1. The van der Waals surface area contributed by atoms with Crippen LogP contribution in [0.5, 0.6) is 5.75 Å². The van der Waals surface area contributed by atoms with Crippen LogP contribution in [0.4, 0.5) is 4.39 Å². The lowest BCUT2D eigenvalue weighted by Gasteiger charge is -2.49. The molecular formula is C25H27ClFNO4. The Hall–Kier alpha value is -2.15. The highest BCUT2D eigenvalue weighted by molar-refractivity contribution is 6.31. The van der Waals surface area contributed by atoms with Crippen molar-refractivity contribution in [2.24, 2.45) is 5.92 Å². The number of aliphatic carboxylic acids is 1. The molecule has 2 aromatic carbocycles. The highest BCUT2D eigenvalue weighted by Gasteiger charge is 2.52. The van der Waals surface area contributed by atoms with Crippen molar-refractivity contribution in [1.29, 1.82) is 0 Å². The van der Waals surface area contributed by atoms with E-state index in [0.29, 0.717) is 23.7 Å². The Kier molecular flexibility index (Phi) is 5.64. The van der Waals surface area contributed by atoms with Gasteiger partial charge in [-0.05, 0) is 85.5 Å².